The maximum Gasteiger partial charge on any atom is 0.414 e. The lowest BCUT2D eigenvalue weighted by Crippen LogP contribution is -2.64. The average Bonchev–Trinajstić information content (AvgIpc) is 2.88. The molecule has 0 bridgehead atoms. The van der Waals surface area contributed by atoms with Crippen molar-refractivity contribution in [3.8, 4) is 0 Å². The van der Waals surface area contributed by atoms with Gasteiger partial charge in [0.1, 0.15) is 6.04 Å². The summed E-state index contributed by atoms with van der Waals surface area (Å²) in [7, 11) is 1.20. The number of hydrogen-bond donors (Lipinski definition) is 2. The molecule has 10 heteroatoms. The van der Waals surface area contributed by atoms with Crippen LogP contribution in [0.15, 0.2) is 66.9 Å². The smallest absolute Gasteiger partial charge is 0.414 e. The van der Waals surface area contributed by atoms with Crippen LogP contribution >= 0.6 is 0 Å². The molecule has 196 valence electrons. The van der Waals surface area contributed by atoms with Crippen molar-refractivity contribution in [3.63, 3.8) is 0 Å². The Morgan fingerprint density at radius 1 is 1.03 bits per heavy atom. The number of hydrazine groups is 1. The van der Waals surface area contributed by atoms with Crippen molar-refractivity contribution in [3.05, 3.63) is 78.0 Å². The molecule has 0 aromatic heterocycles. The van der Waals surface area contributed by atoms with Gasteiger partial charge in [0.05, 0.1) is 18.8 Å². The number of aliphatic carboxylic acids is 1. The van der Waals surface area contributed by atoms with Gasteiger partial charge in [-0.1, -0.05) is 74.5 Å². The largest absolute Gasteiger partial charge is 0.479 e. The van der Waals surface area contributed by atoms with Crippen molar-refractivity contribution in [1.29, 1.82) is 0 Å². The summed E-state index contributed by atoms with van der Waals surface area (Å²) in [5.74, 6) is -3.25. The summed E-state index contributed by atoms with van der Waals surface area (Å²) < 4.78 is 4.92. The number of benzene rings is 2. The molecular weight excluding hydrogens is 478 g/mol. The van der Waals surface area contributed by atoms with E-state index in [0.717, 1.165) is 10.0 Å². The number of carbonyl (C=O) groups is 4. The van der Waals surface area contributed by atoms with E-state index in [0.29, 0.717) is 11.1 Å². The normalized spacial score (nSPS) is 17.2. The molecule has 0 fully saturated rings. The van der Waals surface area contributed by atoms with Gasteiger partial charge < -0.3 is 14.9 Å². The van der Waals surface area contributed by atoms with Gasteiger partial charge in [-0.3, -0.25) is 14.5 Å². The molecular formula is C27H31N3O7. The van der Waals surface area contributed by atoms with Crippen molar-refractivity contribution in [1.82, 2.24) is 14.9 Å². The van der Waals surface area contributed by atoms with Crippen LogP contribution in [0.2, 0.25) is 0 Å². The van der Waals surface area contributed by atoms with Crippen LogP contribution in [0, 0.1) is 5.92 Å². The molecule has 2 unspecified atom stereocenters. The summed E-state index contributed by atoms with van der Waals surface area (Å²) >= 11 is 0. The second-order valence-electron chi connectivity index (χ2n) is 9.00. The van der Waals surface area contributed by atoms with E-state index in [1.54, 1.807) is 74.5 Å². The summed E-state index contributed by atoms with van der Waals surface area (Å²) in [6, 6.07) is 15.0. The molecule has 2 aromatic carbocycles. The Bertz CT molecular complexity index is 1170. The van der Waals surface area contributed by atoms with Crippen LogP contribution in [0.25, 0.3) is 5.70 Å². The molecule has 1 heterocycles. The summed E-state index contributed by atoms with van der Waals surface area (Å²) in [5, 5.41) is 22.5. The third-order valence-electron chi connectivity index (χ3n) is 6.09. The van der Waals surface area contributed by atoms with Gasteiger partial charge in [0.2, 0.25) is 5.91 Å². The predicted molar refractivity (Wildman–Crippen MR) is 134 cm³/mol. The molecule has 0 spiro atoms. The second kappa shape index (κ2) is 11.7. The van der Waals surface area contributed by atoms with Crippen LogP contribution in [-0.2, 0) is 25.5 Å². The first-order chi connectivity index (χ1) is 17.6. The number of aliphatic hydroxyl groups is 1. The number of hydrogen-bond acceptors (Lipinski definition) is 6. The van der Waals surface area contributed by atoms with Crippen LogP contribution < -0.4 is 0 Å². The first-order valence-corrected chi connectivity index (χ1v) is 11.8. The quantitative estimate of drug-likeness (QED) is 0.560. The second-order valence-corrected chi connectivity index (χ2v) is 9.00. The Morgan fingerprint density at radius 3 is 2.08 bits per heavy atom. The van der Waals surface area contributed by atoms with E-state index < -0.39 is 48.0 Å². The molecule has 37 heavy (non-hydrogen) atoms. The fourth-order valence-electron chi connectivity index (χ4n) is 4.41. The molecule has 2 N–H and O–H groups in total. The molecule has 2 aromatic rings. The molecule has 10 nitrogen and oxygen atoms in total. The topological polar surface area (TPSA) is 128 Å². The molecule has 0 saturated carbocycles. The zero-order valence-corrected chi connectivity index (χ0v) is 21.1. The van der Waals surface area contributed by atoms with E-state index in [2.05, 4.69) is 0 Å². The SMILES string of the molecule is COC(=O)N1C=C(c2ccccc2)N(N(C(C)=O)[C@@H](Cc2ccccc2)C(O)C(=O)O)C(=O)C1C(C)C. The van der Waals surface area contributed by atoms with E-state index in [1.807, 2.05) is 0 Å². The molecule has 0 saturated heterocycles. The highest BCUT2D eigenvalue weighted by atomic mass is 16.5. The Kier molecular flexibility index (Phi) is 8.67. The van der Waals surface area contributed by atoms with Crippen LogP contribution in [0.1, 0.15) is 31.9 Å². The maximum atomic E-state index is 14.1. The minimum atomic E-state index is -2.01. The van der Waals surface area contributed by atoms with E-state index in [-0.39, 0.29) is 12.1 Å². The number of methoxy groups -OCH3 is 1. The summed E-state index contributed by atoms with van der Waals surface area (Å²) in [6.07, 6.45) is -1.41. The molecule has 3 rings (SSSR count). The van der Waals surface area contributed by atoms with Crippen LogP contribution in [0.4, 0.5) is 4.79 Å². The summed E-state index contributed by atoms with van der Waals surface area (Å²) in [6.45, 7) is 4.67. The number of carbonyl (C=O) groups excluding carboxylic acids is 3. The van der Waals surface area contributed by atoms with E-state index in [1.165, 1.54) is 25.1 Å². The maximum absolute atomic E-state index is 14.1. The minimum Gasteiger partial charge on any atom is -0.479 e. The summed E-state index contributed by atoms with van der Waals surface area (Å²) in [4.78, 5) is 53.1. The zero-order valence-electron chi connectivity index (χ0n) is 21.1. The number of carboxylic acids is 1. The van der Waals surface area contributed by atoms with Crippen molar-refractivity contribution in [2.75, 3.05) is 7.11 Å². The lowest BCUT2D eigenvalue weighted by molar-refractivity contribution is -0.174. The van der Waals surface area contributed by atoms with E-state index in [4.69, 9.17) is 4.74 Å². The third-order valence-corrected chi connectivity index (χ3v) is 6.09. The highest BCUT2D eigenvalue weighted by molar-refractivity contribution is 5.97. The minimum absolute atomic E-state index is 0.0488. The van der Waals surface area contributed by atoms with Gasteiger partial charge in [0.25, 0.3) is 5.91 Å². The van der Waals surface area contributed by atoms with E-state index >= 15 is 0 Å². The Hall–Kier alpha value is -4.18. The third kappa shape index (κ3) is 5.80. The van der Waals surface area contributed by atoms with Crippen molar-refractivity contribution in [2.24, 2.45) is 5.92 Å². The Morgan fingerprint density at radius 2 is 1.59 bits per heavy atom. The number of nitrogens with zero attached hydrogens (tertiary/aromatic N) is 3. The van der Waals surface area contributed by atoms with Gasteiger partial charge in [-0.25, -0.2) is 19.6 Å². The fourth-order valence-corrected chi connectivity index (χ4v) is 4.41. The average molecular weight is 510 g/mol. The number of carboxylic acid groups (broad SMARTS) is 1. The van der Waals surface area contributed by atoms with Gasteiger partial charge in [-0.05, 0) is 17.9 Å². The van der Waals surface area contributed by atoms with Crippen LogP contribution in [0.5, 0.6) is 0 Å². The standard InChI is InChI=1S/C27H31N3O7/c1-17(2)23-25(33)30(22(16-28(23)27(36)37-4)20-13-9-6-10-14-20)29(18(3)31)21(24(32)26(34)35)15-19-11-7-5-8-12-19/h5-14,16-17,21,23-24,32H,15H2,1-4H3,(H,34,35)/t21-,23?,24?/m0/s1. The highest BCUT2D eigenvalue weighted by Gasteiger charge is 2.47. The molecule has 0 aliphatic carbocycles. The Labute approximate surface area is 215 Å². The molecule has 3 amide bonds. The number of ether oxygens (including phenoxy) is 1. The van der Waals surface area contributed by atoms with E-state index in [9.17, 15) is 29.4 Å². The number of aliphatic hydroxyl groups excluding tert-OH is 1. The Balaban J connectivity index is 2.26. The van der Waals surface area contributed by atoms with Gasteiger partial charge in [-0.15, -0.1) is 0 Å². The molecule has 1 aliphatic heterocycles. The monoisotopic (exact) mass is 509 g/mol. The first kappa shape index (κ1) is 27.4. The fraction of sp³-hybridized carbons (Fsp3) is 0.333. The zero-order chi connectivity index (χ0) is 27.3. The van der Waals surface area contributed by atoms with Crippen molar-refractivity contribution < 1.29 is 34.1 Å². The van der Waals surface area contributed by atoms with Gasteiger partial charge in [0.15, 0.2) is 6.10 Å². The first-order valence-electron chi connectivity index (χ1n) is 11.8. The van der Waals surface area contributed by atoms with Crippen LogP contribution in [0.3, 0.4) is 0 Å². The van der Waals surface area contributed by atoms with Gasteiger partial charge in [-0.2, -0.15) is 0 Å². The lowest BCUT2D eigenvalue weighted by Gasteiger charge is -2.47. The van der Waals surface area contributed by atoms with Crippen LogP contribution in [-0.4, -0.2) is 74.3 Å². The molecule has 0 radical (unpaired) electrons. The van der Waals surface area contributed by atoms with Crippen molar-refractivity contribution >= 4 is 29.6 Å². The summed E-state index contributed by atoms with van der Waals surface area (Å²) in [5.41, 5.74) is 1.30. The molecule has 3 atom stereocenters. The lowest BCUT2D eigenvalue weighted by atomic mass is 9.97. The van der Waals surface area contributed by atoms with Gasteiger partial charge >= 0.3 is 12.1 Å². The highest BCUT2D eigenvalue weighted by Crippen LogP contribution is 2.33. The molecule has 1 aliphatic rings. The predicted octanol–water partition coefficient (Wildman–Crippen LogP) is 2.74. The van der Waals surface area contributed by atoms with Crippen molar-refractivity contribution in [2.45, 2.75) is 45.4 Å². The van der Waals surface area contributed by atoms with Gasteiger partial charge in [0, 0.05) is 18.7 Å². The number of rotatable bonds is 8. The number of amides is 3.